The average molecular weight is 357 g/mol. The lowest BCUT2D eigenvalue weighted by molar-refractivity contribution is -0.120. The van der Waals surface area contributed by atoms with Crippen LogP contribution in [0.5, 0.6) is 0 Å². The minimum Gasteiger partial charge on any atom is -0.326 e. The van der Waals surface area contributed by atoms with Gasteiger partial charge in [-0.1, -0.05) is 13.0 Å². The first kappa shape index (κ1) is 17.6. The second-order valence-electron chi connectivity index (χ2n) is 6.49. The maximum atomic E-state index is 12.6. The molecule has 0 spiro atoms. The van der Waals surface area contributed by atoms with Crippen molar-refractivity contribution in [2.45, 2.75) is 33.6 Å². The molecule has 0 aliphatic carbocycles. The van der Waals surface area contributed by atoms with Crippen molar-refractivity contribution in [2.24, 2.45) is 0 Å². The molecule has 2 amide bonds. The van der Waals surface area contributed by atoms with Gasteiger partial charge in [0.05, 0.1) is 5.01 Å². The number of aromatic nitrogens is 1. The van der Waals surface area contributed by atoms with Gasteiger partial charge in [-0.3, -0.25) is 9.59 Å². The Morgan fingerprint density at radius 3 is 2.56 bits per heavy atom. The van der Waals surface area contributed by atoms with Gasteiger partial charge in [0.1, 0.15) is 12.2 Å². The summed E-state index contributed by atoms with van der Waals surface area (Å²) in [6.07, 6.45) is 1.89. The molecule has 0 saturated carbocycles. The lowest BCUT2D eigenvalue weighted by Crippen LogP contribution is -2.52. The SMILES string of the molecule is CCCc1nc(C(=O)N2CCN(c3cc(C)cc(C)c3)C(=O)C2)cs1. The summed E-state index contributed by atoms with van der Waals surface area (Å²) >= 11 is 1.51. The van der Waals surface area contributed by atoms with Crippen LogP contribution in [0.3, 0.4) is 0 Å². The summed E-state index contributed by atoms with van der Waals surface area (Å²) in [5, 5.41) is 2.78. The third-order valence-electron chi connectivity index (χ3n) is 4.26. The summed E-state index contributed by atoms with van der Waals surface area (Å²) in [6.45, 7) is 7.28. The van der Waals surface area contributed by atoms with Crippen molar-refractivity contribution in [3.8, 4) is 0 Å². The number of amides is 2. The number of carbonyl (C=O) groups is 2. The standard InChI is InChI=1S/C19H23N3O2S/c1-4-5-17-20-16(12-25-17)19(24)21-6-7-22(18(23)11-21)15-9-13(2)8-14(3)10-15/h8-10,12H,4-7,11H2,1-3H3. The molecule has 1 aliphatic heterocycles. The number of anilines is 1. The first-order valence-electron chi connectivity index (χ1n) is 8.60. The summed E-state index contributed by atoms with van der Waals surface area (Å²) < 4.78 is 0. The van der Waals surface area contributed by atoms with Gasteiger partial charge in [0.25, 0.3) is 5.91 Å². The van der Waals surface area contributed by atoms with E-state index in [9.17, 15) is 9.59 Å². The minimum atomic E-state index is -0.146. The second kappa shape index (κ2) is 7.35. The molecule has 132 valence electrons. The molecule has 3 rings (SSSR count). The highest BCUT2D eigenvalue weighted by molar-refractivity contribution is 7.09. The zero-order valence-electron chi connectivity index (χ0n) is 14.9. The Morgan fingerprint density at radius 1 is 1.20 bits per heavy atom. The first-order valence-corrected chi connectivity index (χ1v) is 9.48. The van der Waals surface area contributed by atoms with Crippen LogP contribution in [0.4, 0.5) is 5.69 Å². The molecule has 2 aromatic rings. The van der Waals surface area contributed by atoms with Crippen LogP contribution >= 0.6 is 11.3 Å². The van der Waals surface area contributed by atoms with E-state index in [1.54, 1.807) is 15.2 Å². The average Bonchev–Trinajstić information content (AvgIpc) is 3.02. The Hall–Kier alpha value is -2.21. The van der Waals surface area contributed by atoms with Crippen molar-refractivity contribution in [2.75, 3.05) is 24.5 Å². The van der Waals surface area contributed by atoms with Crippen LogP contribution in [0.1, 0.15) is 40.0 Å². The Bertz CT molecular complexity index is 779. The minimum absolute atomic E-state index is 0.0476. The van der Waals surface area contributed by atoms with E-state index in [2.05, 4.69) is 18.0 Å². The van der Waals surface area contributed by atoms with Crippen LogP contribution < -0.4 is 4.90 Å². The fourth-order valence-corrected chi connectivity index (χ4v) is 4.00. The number of rotatable bonds is 4. The van der Waals surface area contributed by atoms with Crippen molar-refractivity contribution < 1.29 is 9.59 Å². The molecule has 5 nitrogen and oxygen atoms in total. The molecular formula is C19H23N3O2S. The van der Waals surface area contributed by atoms with Crippen LogP contribution in [-0.4, -0.2) is 41.3 Å². The number of piperazine rings is 1. The third kappa shape index (κ3) is 3.90. The van der Waals surface area contributed by atoms with E-state index in [-0.39, 0.29) is 18.4 Å². The molecular weight excluding hydrogens is 334 g/mol. The topological polar surface area (TPSA) is 53.5 Å². The zero-order valence-corrected chi connectivity index (χ0v) is 15.7. The summed E-state index contributed by atoms with van der Waals surface area (Å²) in [5.74, 6) is -0.194. The molecule has 1 saturated heterocycles. The Kier molecular flexibility index (Phi) is 5.18. The molecule has 25 heavy (non-hydrogen) atoms. The van der Waals surface area contributed by atoms with Crippen molar-refractivity contribution in [3.63, 3.8) is 0 Å². The molecule has 1 fully saturated rings. The van der Waals surface area contributed by atoms with Gasteiger partial charge in [-0.05, 0) is 49.9 Å². The number of benzene rings is 1. The first-order chi connectivity index (χ1) is 12.0. The van der Waals surface area contributed by atoms with E-state index in [1.165, 1.54) is 11.3 Å². The predicted molar refractivity (Wildman–Crippen MR) is 100 cm³/mol. The Balaban J connectivity index is 1.70. The fourth-order valence-electron chi connectivity index (χ4n) is 3.13. The highest BCUT2D eigenvalue weighted by Crippen LogP contribution is 2.22. The van der Waals surface area contributed by atoms with Gasteiger partial charge in [-0.2, -0.15) is 0 Å². The molecule has 1 aliphatic rings. The summed E-state index contributed by atoms with van der Waals surface area (Å²) in [6, 6.07) is 6.11. The van der Waals surface area contributed by atoms with Gasteiger partial charge < -0.3 is 9.80 Å². The zero-order chi connectivity index (χ0) is 18.0. The molecule has 0 radical (unpaired) electrons. The summed E-state index contributed by atoms with van der Waals surface area (Å²) in [7, 11) is 0. The van der Waals surface area contributed by atoms with Gasteiger partial charge >= 0.3 is 0 Å². The second-order valence-corrected chi connectivity index (χ2v) is 7.44. The number of aryl methyl sites for hydroxylation is 3. The number of hydrogen-bond acceptors (Lipinski definition) is 4. The number of carbonyl (C=O) groups excluding carboxylic acids is 2. The van der Waals surface area contributed by atoms with Crippen LogP contribution in [0.25, 0.3) is 0 Å². The summed E-state index contributed by atoms with van der Waals surface area (Å²) in [4.78, 5) is 33.0. The van der Waals surface area contributed by atoms with Gasteiger partial charge in [0, 0.05) is 24.2 Å². The molecule has 2 heterocycles. The number of thiazole rings is 1. The van der Waals surface area contributed by atoms with Crippen molar-refractivity contribution in [3.05, 3.63) is 45.4 Å². The summed E-state index contributed by atoms with van der Waals surface area (Å²) in [5.41, 5.74) is 3.63. The number of hydrogen-bond donors (Lipinski definition) is 0. The smallest absolute Gasteiger partial charge is 0.273 e. The largest absolute Gasteiger partial charge is 0.326 e. The highest BCUT2D eigenvalue weighted by Gasteiger charge is 2.29. The normalized spacial score (nSPS) is 14.9. The van der Waals surface area contributed by atoms with Crippen molar-refractivity contribution in [1.29, 1.82) is 0 Å². The molecule has 0 unspecified atom stereocenters. The van der Waals surface area contributed by atoms with Crippen molar-refractivity contribution >= 4 is 28.8 Å². The van der Waals surface area contributed by atoms with E-state index >= 15 is 0 Å². The maximum Gasteiger partial charge on any atom is 0.273 e. The number of nitrogens with zero attached hydrogens (tertiary/aromatic N) is 3. The maximum absolute atomic E-state index is 12.6. The van der Waals surface area contributed by atoms with E-state index in [0.29, 0.717) is 18.8 Å². The van der Waals surface area contributed by atoms with E-state index in [1.807, 2.05) is 26.0 Å². The Morgan fingerprint density at radius 2 is 1.92 bits per heavy atom. The monoisotopic (exact) mass is 357 g/mol. The molecule has 0 atom stereocenters. The van der Waals surface area contributed by atoms with Gasteiger partial charge in [0.15, 0.2) is 0 Å². The van der Waals surface area contributed by atoms with Crippen LogP contribution in [-0.2, 0) is 11.2 Å². The van der Waals surface area contributed by atoms with Gasteiger partial charge in [-0.15, -0.1) is 11.3 Å². The van der Waals surface area contributed by atoms with Gasteiger partial charge in [-0.25, -0.2) is 4.98 Å². The van der Waals surface area contributed by atoms with E-state index in [4.69, 9.17) is 0 Å². The quantitative estimate of drug-likeness (QED) is 0.844. The molecule has 1 aromatic heterocycles. The molecule has 0 bridgehead atoms. The predicted octanol–water partition coefficient (Wildman–Crippen LogP) is 3.20. The van der Waals surface area contributed by atoms with Crippen molar-refractivity contribution in [1.82, 2.24) is 9.88 Å². The fraction of sp³-hybridized carbons (Fsp3) is 0.421. The molecule has 1 aromatic carbocycles. The molecule has 6 heteroatoms. The van der Waals surface area contributed by atoms with E-state index in [0.717, 1.165) is 34.7 Å². The Labute approximate surface area is 152 Å². The van der Waals surface area contributed by atoms with E-state index < -0.39 is 0 Å². The highest BCUT2D eigenvalue weighted by atomic mass is 32.1. The lowest BCUT2D eigenvalue weighted by atomic mass is 10.1. The third-order valence-corrected chi connectivity index (χ3v) is 5.17. The van der Waals surface area contributed by atoms with Crippen LogP contribution in [0, 0.1) is 13.8 Å². The molecule has 0 N–H and O–H groups in total. The van der Waals surface area contributed by atoms with Gasteiger partial charge in [0.2, 0.25) is 5.91 Å². The van der Waals surface area contributed by atoms with Crippen LogP contribution in [0.2, 0.25) is 0 Å². The lowest BCUT2D eigenvalue weighted by Gasteiger charge is -2.34. The van der Waals surface area contributed by atoms with Crippen LogP contribution in [0.15, 0.2) is 23.6 Å².